The number of rotatable bonds is 8. The van der Waals surface area contributed by atoms with Crippen LogP contribution in [0.4, 0.5) is 5.69 Å². The molecule has 1 amide bonds. The molecule has 2 aromatic rings. The third-order valence-electron chi connectivity index (χ3n) is 3.39. The molecule has 9 heteroatoms. The van der Waals surface area contributed by atoms with E-state index in [-0.39, 0.29) is 17.4 Å². The van der Waals surface area contributed by atoms with Crippen molar-refractivity contribution in [2.45, 2.75) is 18.7 Å². The van der Waals surface area contributed by atoms with Crippen molar-refractivity contribution < 1.29 is 17.9 Å². The summed E-state index contributed by atoms with van der Waals surface area (Å²) in [5, 5.41) is 3.40. The minimum atomic E-state index is -3.56. The van der Waals surface area contributed by atoms with E-state index >= 15 is 0 Å². The number of hydrogen-bond donors (Lipinski definition) is 2. The van der Waals surface area contributed by atoms with E-state index in [1.807, 2.05) is 13.8 Å². The van der Waals surface area contributed by atoms with Gasteiger partial charge < -0.3 is 10.1 Å². The molecule has 0 aliphatic rings. The fourth-order valence-electron chi connectivity index (χ4n) is 2.00. The first kappa shape index (κ1) is 21.5. The molecule has 0 aromatic heterocycles. The Kier molecular flexibility index (Phi) is 7.49. The smallest absolute Gasteiger partial charge is 0.262 e. The van der Waals surface area contributed by atoms with Crippen LogP contribution in [0.3, 0.4) is 0 Å². The zero-order chi connectivity index (χ0) is 20.0. The Morgan fingerprint density at radius 3 is 2.41 bits per heavy atom. The first-order valence-corrected chi connectivity index (χ1v) is 10.4. The van der Waals surface area contributed by atoms with Gasteiger partial charge >= 0.3 is 0 Å². The highest BCUT2D eigenvalue weighted by Gasteiger charge is 2.14. The van der Waals surface area contributed by atoms with Crippen LogP contribution in [0.15, 0.2) is 47.4 Å². The van der Waals surface area contributed by atoms with Crippen LogP contribution < -0.4 is 14.8 Å². The molecule has 0 atom stereocenters. The lowest BCUT2D eigenvalue weighted by atomic mass is 10.2. The number of sulfonamides is 1. The highest BCUT2D eigenvalue weighted by atomic mass is 35.5. The number of nitrogens with one attached hydrogen (secondary N) is 2. The van der Waals surface area contributed by atoms with Gasteiger partial charge in [-0.3, -0.25) is 4.79 Å². The van der Waals surface area contributed by atoms with Gasteiger partial charge in [0.1, 0.15) is 5.75 Å². The maximum absolute atomic E-state index is 12.1. The van der Waals surface area contributed by atoms with E-state index in [1.54, 1.807) is 12.1 Å². The first-order valence-electron chi connectivity index (χ1n) is 8.15. The molecule has 0 unspecified atom stereocenters. The first-order chi connectivity index (χ1) is 12.7. The van der Waals surface area contributed by atoms with E-state index in [4.69, 9.17) is 27.9 Å². The van der Waals surface area contributed by atoms with Crippen molar-refractivity contribution in [2.24, 2.45) is 5.92 Å². The summed E-state index contributed by atoms with van der Waals surface area (Å²) in [7, 11) is -3.56. The van der Waals surface area contributed by atoms with Crippen molar-refractivity contribution in [3.05, 3.63) is 52.5 Å². The minimum absolute atomic E-state index is 0.130. The van der Waals surface area contributed by atoms with Crippen LogP contribution in [0.25, 0.3) is 0 Å². The fraction of sp³-hybridized carbons (Fsp3) is 0.278. The standard InChI is InChI=1S/C18H20Cl2N2O4S/c1-12(2)10-21-27(24,25)15-6-4-14(5-7-15)26-11-18(23)22-17-9-13(19)3-8-16(17)20/h3-9,12,21H,10-11H2,1-2H3,(H,22,23). The Morgan fingerprint density at radius 1 is 1.11 bits per heavy atom. The van der Waals surface area contributed by atoms with Gasteiger partial charge in [-0.1, -0.05) is 37.0 Å². The predicted octanol–water partition coefficient (Wildman–Crippen LogP) is 3.95. The summed E-state index contributed by atoms with van der Waals surface area (Å²) in [5.41, 5.74) is 0.385. The normalized spacial score (nSPS) is 11.4. The van der Waals surface area contributed by atoms with Gasteiger partial charge in [0.25, 0.3) is 5.91 Å². The molecule has 2 rings (SSSR count). The molecule has 0 heterocycles. The number of carbonyl (C=O) groups excluding carboxylic acids is 1. The van der Waals surface area contributed by atoms with Crippen molar-refractivity contribution >= 4 is 44.8 Å². The van der Waals surface area contributed by atoms with Crippen LogP contribution in [0.5, 0.6) is 5.75 Å². The topological polar surface area (TPSA) is 84.5 Å². The summed E-state index contributed by atoms with van der Waals surface area (Å²) in [6.07, 6.45) is 0. The van der Waals surface area contributed by atoms with E-state index in [9.17, 15) is 13.2 Å². The maximum atomic E-state index is 12.1. The third-order valence-corrected chi connectivity index (χ3v) is 5.39. The van der Waals surface area contributed by atoms with Gasteiger partial charge in [0.15, 0.2) is 6.61 Å². The number of benzene rings is 2. The molecule has 6 nitrogen and oxygen atoms in total. The zero-order valence-corrected chi connectivity index (χ0v) is 17.2. The monoisotopic (exact) mass is 430 g/mol. The van der Waals surface area contributed by atoms with Crippen LogP contribution in [-0.4, -0.2) is 27.5 Å². The molecule has 0 saturated carbocycles. The molecule has 2 aromatic carbocycles. The van der Waals surface area contributed by atoms with Crippen molar-refractivity contribution in [2.75, 3.05) is 18.5 Å². The number of amides is 1. The quantitative estimate of drug-likeness (QED) is 0.663. The van der Waals surface area contributed by atoms with Gasteiger partial charge in [0.2, 0.25) is 10.0 Å². The Balaban J connectivity index is 1.93. The summed E-state index contributed by atoms with van der Waals surface area (Å²) >= 11 is 11.9. The fourth-order valence-corrected chi connectivity index (χ4v) is 3.55. The van der Waals surface area contributed by atoms with Crippen molar-refractivity contribution in [1.82, 2.24) is 4.72 Å². The minimum Gasteiger partial charge on any atom is -0.484 e. The summed E-state index contributed by atoms with van der Waals surface area (Å²) in [4.78, 5) is 12.1. The van der Waals surface area contributed by atoms with E-state index in [1.165, 1.54) is 30.3 Å². The summed E-state index contributed by atoms with van der Waals surface area (Å²) in [6, 6.07) is 10.5. The maximum Gasteiger partial charge on any atom is 0.262 e. The molecule has 2 N–H and O–H groups in total. The van der Waals surface area contributed by atoms with Crippen LogP contribution >= 0.6 is 23.2 Å². The number of hydrogen-bond acceptors (Lipinski definition) is 4. The van der Waals surface area contributed by atoms with Crippen LogP contribution in [-0.2, 0) is 14.8 Å². The van der Waals surface area contributed by atoms with Crippen LogP contribution in [0.1, 0.15) is 13.8 Å². The number of halogens is 2. The van der Waals surface area contributed by atoms with Gasteiger partial charge in [-0.25, -0.2) is 13.1 Å². The molecule has 0 bridgehead atoms. The lowest BCUT2D eigenvalue weighted by molar-refractivity contribution is -0.118. The third kappa shape index (κ3) is 6.70. The number of anilines is 1. The predicted molar refractivity (Wildman–Crippen MR) is 107 cm³/mol. The van der Waals surface area contributed by atoms with Crippen molar-refractivity contribution in [3.8, 4) is 5.75 Å². The number of ether oxygens (including phenoxy) is 1. The van der Waals surface area contributed by atoms with E-state index in [0.29, 0.717) is 28.0 Å². The molecule has 0 saturated heterocycles. The van der Waals surface area contributed by atoms with Crippen molar-refractivity contribution in [1.29, 1.82) is 0 Å². The van der Waals surface area contributed by atoms with Crippen LogP contribution in [0.2, 0.25) is 10.0 Å². The molecular weight excluding hydrogens is 411 g/mol. The summed E-state index contributed by atoms with van der Waals surface area (Å²) in [5.74, 6) is 0.147. The SMILES string of the molecule is CC(C)CNS(=O)(=O)c1ccc(OCC(=O)Nc2cc(Cl)ccc2Cl)cc1. The molecule has 27 heavy (non-hydrogen) atoms. The van der Waals surface area contributed by atoms with E-state index in [2.05, 4.69) is 10.0 Å². The van der Waals surface area contributed by atoms with Gasteiger partial charge in [0.05, 0.1) is 15.6 Å². The van der Waals surface area contributed by atoms with Gasteiger partial charge in [0, 0.05) is 11.6 Å². The van der Waals surface area contributed by atoms with Crippen LogP contribution in [0, 0.1) is 5.92 Å². The van der Waals surface area contributed by atoms with E-state index in [0.717, 1.165) is 0 Å². The molecule has 0 aliphatic heterocycles. The van der Waals surface area contributed by atoms with Gasteiger partial charge in [-0.05, 0) is 48.4 Å². The molecule has 146 valence electrons. The summed E-state index contributed by atoms with van der Waals surface area (Å²) in [6.45, 7) is 3.93. The van der Waals surface area contributed by atoms with E-state index < -0.39 is 15.9 Å². The summed E-state index contributed by atoms with van der Waals surface area (Å²) < 4.78 is 32.2. The molecular formula is C18H20Cl2N2O4S. The Morgan fingerprint density at radius 2 is 1.78 bits per heavy atom. The second-order valence-corrected chi connectivity index (χ2v) is 8.79. The lowest BCUT2D eigenvalue weighted by Gasteiger charge is -2.11. The molecule has 0 fully saturated rings. The highest BCUT2D eigenvalue weighted by Crippen LogP contribution is 2.25. The molecule has 0 radical (unpaired) electrons. The number of carbonyl (C=O) groups is 1. The zero-order valence-electron chi connectivity index (χ0n) is 14.8. The average molecular weight is 431 g/mol. The Bertz CT molecular complexity index is 900. The Labute approximate surface area is 168 Å². The lowest BCUT2D eigenvalue weighted by Crippen LogP contribution is -2.27. The van der Waals surface area contributed by atoms with Gasteiger partial charge in [-0.2, -0.15) is 0 Å². The van der Waals surface area contributed by atoms with Gasteiger partial charge in [-0.15, -0.1) is 0 Å². The largest absolute Gasteiger partial charge is 0.484 e. The highest BCUT2D eigenvalue weighted by molar-refractivity contribution is 7.89. The van der Waals surface area contributed by atoms with Crippen molar-refractivity contribution in [3.63, 3.8) is 0 Å². The average Bonchev–Trinajstić information content (AvgIpc) is 2.62. The molecule has 0 aliphatic carbocycles. The Hall–Kier alpha value is -1.80. The molecule has 0 spiro atoms. The second-order valence-electron chi connectivity index (χ2n) is 6.18. The second kappa shape index (κ2) is 9.41.